The van der Waals surface area contributed by atoms with Crippen LogP contribution in [0.15, 0.2) is 108 Å². The van der Waals surface area contributed by atoms with Gasteiger partial charge in [-0.3, -0.25) is 14.4 Å². The summed E-state index contributed by atoms with van der Waals surface area (Å²) in [4.78, 5) is 48.8. The Morgan fingerprint density at radius 1 is 0.788 bits per heavy atom. The number of rotatable bonds is 10. The largest absolute Gasteiger partial charge is 0.504 e. The number of cyclic esters (lactones) is 1. The maximum atomic E-state index is 12.0. The van der Waals surface area contributed by atoms with Crippen molar-refractivity contribution < 1.29 is 53.1 Å². The highest BCUT2D eigenvalue weighted by Crippen LogP contribution is 2.30. The molecule has 0 atom stereocenters. The summed E-state index contributed by atoms with van der Waals surface area (Å²) in [6.07, 6.45) is 1.55. The average molecular weight is 1050 g/mol. The highest BCUT2D eigenvalue weighted by molar-refractivity contribution is 15.0. The van der Waals surface area contributed by atoms with Gasteiger partial charge in [-0.1, -0.05) is 54.6 Å². The fourth-order valence-electron chi connectivity index (χ4n) is 4.06. The molecule has 12 nitrogen and oxygen atoms in total. The smallest absolute Gasteiger partial charge is 0.363 e. The SMILES string of the molecule is COc1cc(/C=C2/N=C(c3ccccc3)OC2=O)ccc1OC(C)=O.COc1ccc(O)c(OC)c1.I.II.O=C(O)CCC(=O)c1ccccc1. The zero-order valence-electron chi connectivity index (χ0n) is 28.4. The Balaban J connectivity index is 0.000000422. The van der Waals surface area contributed by atoms with Crippen LogP contribution >= 0.6 is 61.2 Å². The van der Waals surface area contributed by atoms with E-state index >= 15 is 0 Å². The van der Waals surface area contributed by atoms with Gasteiger partial charge in [0.25, 0.3) is 0 Å². The van der Waals surface area contributed by atoms with E-state index in [0.717, 1.165) is 5.56 Å². The predicted molar refractivity (Wildman–Crippen MR) is 224 cm³/mol. The molecule has 1 aliphatic heterocycles. The molecular weight excluding hydrogens is 1020 g/mol. The summed E-state index contributed by atoms with van der Waals surface area (Å²) in [6.45, 7) is 1.31. The fraction of sp³-hybridized carbons (Fsp3) is 0.162. The molecule has 0 saturated carbocycles. The van der Waals surface area contributed by atoms with Crippen molar-refractivity contribution in [2.75, 3.05) is 21.3 Å². The Hall–Kier alpha value is -4.24. The summed E-state index contributed by atoms with van der Waals surface area (Å²) in [6, 6.07) is 27.6. The molecule has 2 N–H and O–H groups in total. The first-order valence-electron chi connectivity index (χ1n) is 14.8. The molecule has 5 rings (SSSR count). The lowest BCUT2D eigenvalue weighted by atomic mass is 10.1. The lowest BCUT2D eigenvalue weighted by molar-refractivity contribution is -0.137. The van der Waals surface area contributed by atoms with Gasteiger partial charge in [0.05, 0.1) is 27.8 Å². The predicted octanol–water partition coefficient (Wildman–Crippen LogP) is 8.50. The van der Waals surface area contributed by atoms with Crippen molar-refractivity contribution in [3.05, 3.63) is 119 Å². The van der Waals surface area contributed by atoms with Crippen molar-refractivity contribution in [3.8, 4) is 28.7 Å². The van der Waals surface area contributed by atoms with Crippen molar-refractivity contribution in [1.29, 1.82) is 0 Å². The number of esters is 2. The number of carbonyl (C=O) groups is 4. The summed E-state index contributed by atoms with van der Waals surface area (Å²) >= 11 is 4.24. The van der Waals surface area contributed by atoms with E-state index in [1.165, 1.54) is 27.2 Å². The van der Waals surface area contributed by atoms with Crippen molar-refractivity contribution >= 4 is 96.9 Å². The van der Waals surface area contributed by atoms with Crippen molar-refractivity contribution in [3.63, 3.8) is 0 Å². The Bertz CT molecular complexity index is 1830. The average Bonchev–Trinajstić information content (AvgIpc) is 3.52. The van der Waals surface area contributed by atoms with E-state index in [-0.39, 0.29) is 59.9 Å². The van der Waals surface area contributed by atoms with Crippen LogP contribution in [0.25, 0.3) is 6.08 Å². The second kappa shape index (κ2) is 24.9. The number of nitrogens with zero attached hydrogens (tertiary/aromatic N) is 1. The molecule has 0 unspecified atom stereocenters. The number of carboxylic acid groups (broad SMARTS) is 1. The van der Waals surface area contributed by atoms with Gasteiger partial charge in [0.2, 0.25) is 5.90 Å². The second-order valence-corrected chi connectivity index (χ2v) is 9.93. The van der Waals surface area contributed by atoms with E-state index in [0.29, 0.717) is 34.1 Å². The summed E-state index contributed by atoms with van der Waals surface area (Å²) in [5, 5.41) is 17.5. The van der Waals surface area contributed by atoms with Gasteiger partial charge in [-0.25, -0.2) is 9.79 Å². The van der Waals surface area contributed by atoms with Gasteiger partial charge in [-0.05, 0) is 48.0 Å². The molecule has 52 heavy (non-hydrogen) atoms. The number of ketones is 1. The van der Waals surface area contributed by atoms with Crippen molar-refractivity contribution in [2.45, 2.75) is 19.8 Å². The van der Waals surface area contributed by atoms with Gasteiger partial charge in [0.1, 0.15) is 5.75 Å². The van der Waals surface area contributed by atoms with Crippen LogP contribution in [0.3, 0.4) is 0 Å². The number of carboxylic acids is 1. The molecule has 15 heteroatoms. The van der Waals surface area contributed by atoms with Crippen LogP contribution in [0.2, 0.25) is 0 Å². The van der Waals surface area contributed by atoms with Crippen LogP contribution in [-0.2, 0) is 19.1 Å². The minimum Gasteiger partial charge on any atom is -0.504 e. The number of aliphatic carboxylic acids is 1. The Morgan fingerprint density at radius 2 is 1.40 bits per heavy atom. The molecule has 0 aromatic heterocycles. The number of hydrogen-bond donors (Lipinski definition) is 2. The van der Waals surface area contributed by atoms with Crippen LogP contribution < -0.4 is 18.9 Å². The molecule has 276 valence electrons. The maximum Gasteiger partial charge on any atom is 0.363 e. The first-order chi connectivity index (χ1) is 24.5. The highest BCUT2D eigenvalue weighted by Gasteiger charge is 2.24. The molecule has 0 bridgehead atoms. The topological polar surface area (TPSA) is 167 Å². The normalized spacial score (nSPS) is 11.6. The third-order valence-corrected chi connectivity index (χ3v) is 6.43. The lowest BCUT2D eigenvalue weighted by Crippen LogP contribution is -2.05. The number of ether oxygens (including phenoxy) is 5. The van der Waals surface area contributed by atoms with Crippen LogP contribution in [0.1, 0.15) is 41.3 Å². The molecule has 1 heterocycles. The summed E-state index contributed by atoms with van der Waals surface area (Å²) in [5.74, 6) is 0.121. The van der Waals surface area contributed by atoms with E-state index in [4.69, 9.17) is 33.9 Å². The number of Topliss-reactive ketones (excluding diaryl/α,β-unsaturated/α-hetero) is 1. The monoisotopic (exact) mass is 1050 g/mol. The molecule has 0 spiro atoms. The number of benzene rings is 4. The molecule has 0 amide bonds. The maximum absolute atomic E-state index is 12.0. The van der Waals surface area contributed by atoms with Gasteiger partial charge >= 0.3 is 17.9 Å². The minimum atomic E-state index is -0.940. The second-order valence-electron chi connectivity index (χ2n) is 9.93. The van der Waals surface area contributed by atoms with E-state index < -0.39 is 17.9 Å². The molecule has 0 saturated heterocycles. The highest BCUT2D eigenvalue weighted by atomic mass is 128. The zero-order chi connectivity index (χ0) is 37.8. The summed E-state index contributed by atoms with van der Waals surface area (Å²) in [7, 11) is 4.52. The first kappa shape index (κ1) is 45.8. The van der Waals surface area contributed by atoms with Crippen LogP contribution in [0, 0.1) is 0 Å². The molecule has 4 aromatic carbocycles. The van der Waals surface area contributed by atoms with E-state index in [2.05, 4.69) is 42.2 Å². The number of methoxy groups -OCH3 is 3. The Labute approximate surface area is 341 Å². The van der Waals surface area contributed by atoms with E-state index in [1.807, 2.05) is 36.4 Å². The Kier molecular flexibility index (Phi) is 21.9. The number of aromatic hydroxyl groups is 1. The third-order valence-electron chi connectivity index (χ3n) is 6.43. The first-order valence-corrected chi connectivity index (χ1v) is 21.1. The number of phenols is 1. The number of carbonyl (C=O) groups excluding carboxylic acids is 3. The molecule has 1 aliphatic rings. The molecule has 0 radical (unpaired) electrons. The Morgan fingerprint density at radius 3 is 1.96 bits per heavy atom. The molecule has 0 aliphatic carbocycles. The molecular formula is C37H36I3NO11. The fourth-order valence-corrected chi connectivity index (χ4v) is 4.06. The van der Waals surface area contributed by atoms with E-state index in [1.54, 1.807) is 67.8 Å². The van der Waals surface area contributed by atoms with Gasteiger partial charge in [0, 0.05) is 67.8 Å². The number of phenolic OH excluding ortho intramolecular Hbond substituents is 1. The summed E-state index contributed by atoms with van der Waals surface area (Å²) in [5.41, 5.74) is 2.14. The van der Waals surface area contributed by atoms with Crippen molar-refractivity contribution in [1.82, 2.24) is 0 Å². The van der Waals surface area contributed by atoms with Crippen LogP contribution in [0.4, 0.5) is 0 Å². The van der Waals surface area contributed by atoms with Crippen LogP contribution in [0.5, 0.6) is 28.7 Å². The van der Waals surface area contributed by atoms with Gasteiger partial charge in [-0.2, -0.15) is 0 Å². The molecule has 0 fully saturated rings. The minimum absolute atomic E-state index is 0. The van der Waals surface area contributed by atoms with Gasteiger partial charge < -0.3 is 33.9 Å². The van der Waals surface area contributed by atoms with Gasteiger partial charge in [-0.15, -0.1) is 24.0 Å². The van der Waals surface area contributed by atoms with Gasteiger partial charge in [0.15, 0.2) is 34.5 Å². The third kappa shape index (κ3) is 15.6. The van der Waals surface area contributed by atoms with E-state index in [9.17, 15) is 19.2 Å². The van der Waals surface area contributed by atoms with Crippen molar-refractivity contribution in [2.24, 2.45) is 4.99 Å². The number of aliphatic imine (C=N–C) groups is 1. The molecule has 4 aromatic rings. The lowest BCUT2D eigenvalue weighted by Gasteiger charge is -2.08. The summed E-state index contributed by atoms with van der Waals surface area (Å²) < 4.78 is 25.2. The number of hydrogen-bond acceptors (Lipinski definition) is 11. The van der Waals surface area contributed by atoms with Crippen LogP contribution in [-0.4, -0.2) is 61.1 Å². The standard InChI is InChI=1S/C19H15NO5.C10H10O3.C8H10O3.I2.HI/c1-12(21)24-16-9-8-13(11-17(16)23-2)10-15-19(22)25-18(20-15)14-6-4-3-5-7-14;11-9(6-7-10(12)13)8-4-2-1-3-5-8;1-10-6-3-4-7(9)8(5-6)11-2;1-2;/h3-11H,1-2H3;1-5H,6-7H2,(H,12,13);3-5,9H,1-2H3;;1H/b15-10+;;;;. The zero-order valence-corrected chi connectivity index (χ0v) is 35.1. The number of halogens is 3. The quantitative estimate of drug-likeness (QED) is 0.0514.